The molecule has 190 valence electrons. The van der Waals surface area contributed by atoms with Crippen LogP contribution in [0.1, 0.15) is 55.9 Å². The maximum absolute atomic E-state index is 13.8. The van der Waals surface area contributed by atoms with Crippen molar-refractivity contribution in [2.24, 2.45) is 0 Å². The number of ether oxygens (including phenoxy) is 1. The molecule has 3 aromatic carbocycles. The van der Waals surface area contributed by atoms with Gasteiger partial charge in [-0.25, -0.2) is 0 Å². The van der Waals surface area contributed by atoms with Gasteiger partial charge in [0.1, 0.15) is 11.8 Å². The van der Waals surface area contributed by atoms with Crippen molar-refractivity contribution in [3.8, 4) is 5.75 Å². The molecule has 0 fully saturated rings. The Labute approximate surface area is 215 Å². The summed E-state index contributed by atoms with van der Waals surface area (Å²) in [4.78, 5) is 28.9. The molecular formula is C31H38N2O3. The zero-order valence-electron chi connectivity index (χ0n) is 22.0. The molecule has 0 heterocycles. The SMILES string of the molecule is Cc1ccccc1CN(C(=O)COc1ccccc1C(C)C)C(Cc1ccccc1)C(=O)NC(C)C. The first-order valence-electron chi connectivity index (χ1n) is 12.7. The first-order chi connectivity index (χ1) is 17.3. The van der Waals surface area contributed by atoms with Crippen molar-refractivity contribution in [3.63, 3.8) is 0 Å². The number of hydrogen-bond acceptors (Lipinski definition) is 3. The second kappa shape index (κ2) is 12.9. The molecule has 5 nitrogen and oxygen atoms in total. The Balaban J connectivity index is 1.94. The molecular weight excluding hydrogens is 448 g/mol. The van der Waals surface area contributed by atoms with E-state index < -0.39 is 6.04 Å². The second-order valence-corrected chi connectivity index (χ2v) is 9.80. The highest BCUT2D eigenvalue weighted by molar-refractivity contribution is 5.88. The maximum Gasteiger partial charge on any atom is 0.261 e. The van der Waals surface area contributed by atoms with E-state index in [-0.39, 0.29) is 30.4 Å². The van der Waals surface area contributed by atoms with Gasteiger partial charge in [-0.1, -0.05) is 86.6 Å². The summed E-state index contributed by atoms with van der Waals surface area (Å²) in [6.07, 6.45) is 0.416. The molecule has 1 N–H and O–H groups in total. The molecule has 1 unspecified atom stereocenters. The minimum atomic E-state index is -0.675. The Kier molecular flexibility index (Phi) is 9.69. The molecule has 36 heavy (non-hydrogen) atoms. The summed E-state index contributed by atoms with van der Waals surface area (Å²) in [7, 11) is 0. The van der Waals surface area contributed by atoms with E-state index in [1.165, 1.54) is 0 Å². The molecule has 0 aliphatic heterocycles. The first kappa shape index (κ1) is 27.0. The third-order valence-corrected chi connectivity index (χ3v) is 6.20. The van der Waals surface area contributed by atoms with Crippen molar-refractivity contribution in [1.82, 2.24) is 10.2 Å². The van der Waals surface area contributed by atoms with Gasteiger partial charge in [-0.05, 0) is 55.0 Å². The zero-order valence-corrected chi connectivity index (χ0v) is 22.0. The van der Waals surface area contributed by atoms with E-state index in [9.17, 15) is 9.59 Å². The van der Waals surface area contributed by atoms with Crippen LogP contribution in [0.2, 0.25) is 0 Å². The van der Waals surface area contributed by atoms with Gasteiger partial charge in [0.15, 0.2) is 6.61 Å². The molecule has 0 saturated heterocycles. The summed E-state index contributed by atoms with van der Waals surface area (Å²) in [5.74, 6) is 0.569. The largest absolute Gasteiger partial charge is 0.483 e. The number of aryl methyl sites for hydroxylation is 1. The van der Waals surface area contributed by atoms with Crippen LogP contribution in [0.4, 0.5) is 0 Å². The van der Waals surface area contributed by atoms with Gasteiger partial charge >= 0.3 is 0 Å². The Morgan fingerprint density at radius 3 is 2.17 bits per heavy atom. The number of carbonyl (C=O) groups excluding carboxylic acids is 2. The lowest BCUT2D eigenvalue weighted by Crippen LogP contribution is -2.53. The maximum atomic E-state index is 13.8. The summed E-state index contributed by atoms with van der Waals surface area (Å²) < 4.78 is 6.05. The van der Waals surface area contributed by atoms with Crippen molar-refractivity contribution in [1.29, 1.82) is 0 Å². The van der Waals surface area contributed by atoms with Gasteiger partial charge in [0.2, 0.25) is 5.91 Å². The number of amides is 2. The minimum absolute atomic E-state index is 0.0413. The van der Waals surface area contributed by atoms with Gasteiger partial charge in [0.25, 0.3) is 5.91 Å². The first-order valence-corrected chi connectivity index (χ1v) is 12.7. The standard InChI is InChI=1S/C31H38N2O3/c1-22(2)27-17-11-12-18-29(27)36-21-30(34)33(20-26-16-10-9-13-24(26)5)28(31(35)32-23(3)4)19-25-14-7-6-8-15-25/h6-18,22-23,28H,19-21H2,1-5H3,(H,32,35). The molecule has 0 spiro atoms. The van der Waals surface area contributed by atoms with Crippen LogP contribution < -0.4 is 10.1 Å². The van der Waals surface area contributed by atoms with Crippen molar-refractivity contribution >= 4 is 11.8 Å². The highest BCUT2D eigenvalue weighted by Gasteiger charge is 2.31. The summed E-state index contributed by atoms with van der Waals surface area (Å²) in [5.41, 5.74) is 4.12. The fourth-order valence-corrected chi connectivity index (χ4v) is 4.22. The monoisotopic (exact) mass is 486 g/mol. The van der Waals surface area contributed by atoms with Crippen molar-refractivity contribution in [2.75, 3.05) is 6.61 Å². The fourth-order valence-electron chi connectivity index (χ4n) is 4.22. The third kappa shape index (κ3) is 7.45. The number of para-hydroxylation sites is 1. The molecule has 0 radical (unpaired) electrons. The normalized spacial score (nSPS) is 11.9. The fraction of sp³-hybridized carbons (Fsp3) is 0.355. The lowest BCUT2D eigenvalue weighted by Gasteiger charge is -2.32. The Morgan fingerprint density at radius 1 is 0.861 bits per heavy atom. The number of nitrogens with zero attached hydrogens (tertiary/aromatic N) is 1. The van der Waals surface area contributed by atoms with Crippen molar-refractivity contribution in [2.45, 2.75) is 65.6 Å². The summed E-state index contributed by atoms with van der Waals surface area (Å²) in [5, 5.41) is 3.02. The van der Waals surface area contributed by atoms with E-state index in [4.69, 9.17) is 4.74 Å². The number of benzene rings is 3. The van der Waals surface area contributed by atoms with Crippen molar-refractivity contribution < 1.29 is 14.3 Å². The van der Waals surface area contributed by atoms with Gasteiger partial charge in [-0.3, -0.25) is 9.59 Å². The van der Waals surface area contributed by atoms with Gasteiger partial charge in [-0.15, -0.1) is 0 Å². The molecule has 0 aromatic heterocycles. The van der Waals surface area contributed by atoms with E-state index in [1.807, 2.05) is 99.6 Å². The van der Waals surface area contributed by atoms with E-state index in [2.05, 4.69) is 19.2 Å². The van der Waals surface area contributed by atoms with Crippen LogP contribution in [0.5, 0.6) is 5.75 Å². The van der Waals surface area contributed by atoms with Crippen LogP contribution >= 0.6 is 0 Å². The molecule has 3 rings (SSSR count). The minimum Gasteiger partial charge on any atom is -0.483 e. The molecule has 0 saturated carbocycles. The number of hydrogen-bond donors (Lipinski definition) is 1. The molecule has 0 aliphatic rings. The predicted molar refractivity (Wildman–Crippen MR) is 145 cm³/mol. The summed E-state index contributed by atoms with van der Waals surface area (Å²) in [6.45, 7) is 10.3. The van der Waals surface area contributed by atoms with Crippen LogP contribution in [-0.4, -0.2) is 35.4 Å². The molecule has 0 bridgehead atoms. The third-order valence-electron chi connectivity index (χ3n) is 6.20. The highest BCUT2D eigenvalue weighted by atomic mass is 16.5. The molecule has 3 aromatic rings. The topological polar surface area (TPSA) is 58.6 Å². The smallest absolute Gasteiger partial charge is 0.261 e. The van der Waals surface area contributed by atoms with E-state index >= 15 is 0 Å². The highest BCUT2D eigenvalue weighted by Crippen LogP contribution is 2.26. The van der Waals surface area contributed by atoms with Crippen LogP contribution in [0.15, 0.2) is 78.9 Å². The van der Waals surface area contributed by atoms with E-state index in [0.717, 1.165) is 22.3 Å². The van der Waals surface area contributed by atoms with E-state index in [1.54, 1.807) is 4.90 Å². The Bertz CT molecular complexity index is 1140. The second-order valence-electron chi connectivity index (χ2n) is 9.80. The van der Waals surface area contributed by atoms with Gasteiger partial charge < -0.3 is 15.0 Å². The summed E-state index contributed by atoms with van der Waals surface area (Å²) in [6, 6.07) is 24.9. The average molecular weight is 487 g/mol. The Hall–Kier alpha value is -3.60. The van der Waals surface area contributed by atoms with E-state index in [0.29, 0.717) is 18.7 Å². The molecule has 0 aliphatic carbocycles. The predicted octanol–water partition coefficient (Wildman–Crippen LogP) is 5.66. The van der Waals surface area contributed by atoms with Crippen LogP contribution in [0, 0.1) is 6.92 Å². The van der Waals surface area contributed by atoms with Crippen LogP contribution in [-0.2, 0) is 22.6 Å². The zero-order chi connectivity index (χ0) is 26.1. The molecule has 5 heteroatoms. The van der Waals surface area contributed by atoms with Gasteiger partial charge in [0, 0.05) is 19.0 Å². The number of carbonyl (C=O) groups is 2. The molecule has 1 atom stereocenters. The average Bonchev–Trinajstić information content (AvgIpc) is 2.86. The van der Waals surface area contributed by atoms with Crippen molar-refractivity contribution in [3.05, 3.63) is 101 Å². The number of nitrogens with one attached hydrogen (secondary N) is 1. The van der Waals surface area contributed by atoms with Gasteiger partial charge in [-0.2, -0.15) is 0 Å². The number of rotatable bonds is 11. The quantitative estimate of drug-likeness (QED) is 0.380. The van der Waals surface area contributed by atoms with Gasteiger partial charge in [0.05, 0.1) is 0 Å². The Morgan fingerprint density at radius 2 is 1.50 bits per heavy atom. The molecule has 2 amide bonds. The lowest BCUT2D eigenvalue weighted by atomic mass is 10.0. The van der Waals surface area contributed by atoms with Crippen LogP contribution in [0.25, 0.3) is 0 Å². The van der Waals surface area contributed by atoms with Crippen LogP contribution in [0.3, 0.4) is 0 Å². The summed E-state index contributed by atoms with van der Waals surface area (Å²) >= 11 is 0. The lowest BCUT2D eigenvalue weighted by molar-refractivity contribution is -0.143.